The largest absolute Gasteiger partial charge is 0.342 e. The molecule has 5 nitrogen and oxygen atoms in total. The molecule has 1 N–H and O–H groups in total. The van der Waals surface area contributed by atoms with Crippen molar-refractivity contribution in [2.24, 2.45) is 5.10 Å². The Bertz CT molecular complexity index is 1300. The molecule has 0 saturated carbocycles. The van der Waals surface area contributed by atoms with Crippen molar-refractivity contribution in [3.05, 3.63) is 106 Å². The summed E-state index contributed by atoms with van der Waals surface area (Å²) >= 11 is 3.38. The lowest BCUT2D eigenvalue weighted by Gasteiger charge is -2.05. The molecule has 0 radical (unpaired) electrons. The van der Waals surface area contributed by atoms with Gasteiger partial charge in [-0.05, 0) is 51.8 Å². The van der Waals surface area contributed by atoms with Crippen LogP contribution >= 0.6 is 15.9 Å². The Morgan fingerprint density at radius 2 is 1.90 bits per heavy atom. The van der Waals surface area contributed by atoms with Gasteiger partial charge in [-0.25, -0.2) is 5.43 Å². The van der Waals surface area contributed by atoms with Crippen LogP contribution in [0.3, 0.4) is 0 Å². The van der Waals surface area contributed by atoms with Crippen LogP contribution in [0.15, 0.2) is 88.6 Å². The number of carbonyl (C=O) groups excluding carboxylic acids is 1. The summed E-state index contributed by atoms with van der Waals surface area (Å²) in [5, 5.41) is 14.3. The van der Waals surface area contributed by atoms with E-state index in [2.05, 4.69) is 37.1 Å². The second-order valence-electron chi connectivity index (χ2n) is 6.72. The third-order valence-electron chi connectivity index (χ3n) is 4.72. The minimum absolute atomic E-state index is 0.282. The highest BCUT2D eigenvalue weighted by atomic mass is 79.9. The van der Waals surface area contributed by atoms with Gasteiger partial charge in [-0.3, -0.25) is 4.79 Å². The van der Waals surface area contributed by atoms with Crippen molar-refractivity contribution in [3.63, 3.8) is 0 Å². The van der Waals surface area contributed by atoms with Crippen molar-refractivity contribution >= 4 is 39.0 Å². The van der Waals surface area contributed by atoms with Crippen LogP contribution in [0.2, 0.25) is 0 Å². The summed E-state index contributed by atoms with van der Waals surface area (Å²) in [6, 6.07) is 25.0. The Kier molecular flexibility index (Phi) is 5.73. The highest BCUT2D eigenvalue weighted by molar-refractivity contribution is 9.10. The molecular formula is C24H17BrN4O. The minimum Gasteiger partial charge on any atom is -0.342 e. The predicted molar refractivity (Wildman–Crippen MR) is 121 cm³/mol. The summed E-state index contributed by atoms with van der Waals surface area (Å²) in [6.45, 7) is 0.632. The van der Waals surface area contributed by atoms with Gasteiger partial charge in [0, 0.05) is 33.7 Å². The lowest BCUT2D eigenvalue weighted by Crippen LogP contribution is -2.18. The third-order valence-corrected chi connectivity index (χ3v) is 5.41. The van der Waals surface area contributed by atoms with Gasteiger partial charge in [0.2, 0.25) is 0 Å². The molecule has 6 heteroatoms. The van der Waals surface area contributed by atoms with Gasteiger partial charge in [0.25, 0.3) is 5.91 Å². The van der Waals surface area contributed by atoms with Crippen LogP contribution in [0.25, 0.3) is 10.9 Å². The molecular weight excluding hydrogens is 440 g/mol. The fraction of sp³-hybridized carbons (Fsp3) is 0.0417. The predicted octanol–water partition coefficient (Wildman–Crippen LogP) is 5.09. The lowest BCUT2D eigenvalue weighted by molar-refractivity contribution is 0.0954. The first kappa shape index (κ1) is 19.6. The van der Waals surface area contributed by atoms with Crippen molar-refractivity contribution in [2.75, 3.05) is 0 Å². The maximum absolute atomic E-state index is 12.3. The van der Waals surface area contributed by atoms with Crippen molar-refractivity contribution in [1.29, 1.82) is 5.26 Å². The number of amides is 1. The molecule has 0 atom stereocenters. The van der Waals surface area contributed by atoms with Gasteiger partial charge in [0.05, 0.1) is 23.4 Å². The van der Waals surface area contributed by atoms with Crippen molar-refractivity contribution < 1.29 is 4.79 Å². The first-order valence-corrected chi connectivity index (χ1v) is 10.1. The number of aromatic nitrogens is 1. The first-order chi connectivity index (χ1) is 14.7. The Balaban J connectivity index is 1.59. The smallest absolute Gasteiger partial charge is 0.272 e. The average molecular weight is 457 g/mol. The van der Waals surface area contributed by atoms with E-state index in [0.29, 0.717) is 22.1 Å². The van der Waals surface area contributed by atoms with E-state index in [1.165, 1.54) is 0 Å². The van der Waals surface area contributed by atoms with E-state index in [4.69, 9.17) is 5.26 Å². The second-order valence-corrected chi connectivity index (χ2v) is 7.57. The third kappa shape index (κ3) is 4.17. The van der Waals surface area contributed by atoms with E-state index < -0.39 is 0 Å². The number of hydrogen-bond acceptors (Lipinski definition) is 3. The number of hydrazone groups is 1. The number of para-hydroxylation sites is 1. The van der Waals surface area contributed by atoms with Crippen molar-refractivity contribution in [2.45, 2.75) is 6.54 Å². The molecule has 0 fully saturated rings. The average Bonchev–Trinajstić information content (AvgIpc) is 3.11. The maximum atomic E-state index is 12.3. The molecule has 1 heterocycles. The zero-order valence-corrected chi connectivity index (χ0v) is 17.5. The van der Waals surface area contributed by atoms with Gasteiger partial charge in [0.15, 0.2) is 0 Å². The monoisotopic (exact) mass is 456 g/mol. The number of rotatable bonds is 5. The molecule has 0 aliphatic rings. The Labute approximate surface area is 182 Å². The topological polar surface area (TPSA) is 70.2 Å². The van der Waals surface area contributed by atoms with E-state index >= 15 is 0 Å². The molecule has 0 aliphatic heterocycles. The van der Waals surface area contributed by atoms with Crippen LogP contribution < -0.4 is 5.43 Å². The van der Waals surface area contributed by atoms with Gasteiger partial charge in [0.1, 0.15) is 0 Å². The van der Waals surface area contributed by atoms with Crippen LogP contribution in [0.4, 0.5) is 0 Å². The highest BCUT2D eigenvalue weighted by Crippen LogP contribution is 2.21. The van der Waals surface area contributed by atoms with Gasteiger partial charge in [-0.15, -0.1) is 0 Å². The van der Waals surface area contributed by atoms with E-state index in [1.807, 2.05) is 60.8 Å². The number of hydrogen-bond donors (Lipinski definition) is 1. The van der Waals surface area contributed by atoms with Crippen LogP contribution in [-0.4, -0.2) is 16.7 Å². The Morgan fingerprint density at radius 3 is 2.73 bits per heavy atom. The van der Waals surface area contributed by atoms with Gasteiger partial charge in [-0.2, -0.15) is 10.4 Å². The quantitative estimate of drug-likeness (QED) is 0.335. The summed E-state index contributed by atoms with van der Waals surface area (Å²) in [7, 11) is 0. The van der Waals surface area contributed by atoms with E-state index in [9.17, 15) is 4.79 Å². The summed E-state index contributed by atoms with van der Waals surface area (Å²) in [5.41, 5.74) is 6.74. The summed E-state index contributed by atoms with van der Waals surface area (Å²) in [4.78, 5) is 12.3. The van der Waals surface area contributed by atoms with E-state index in [-0.39, 0.29) is 5.91 Å². The van der Waals surface area contributed by atoms with Gasteiger partial charge >= 0.3 is 0 Å². The maximum Gasteiger partial charge on any atom is 0.272 e. The van der Waals surface area contributed by atoms with Crippen molar-refractivity contribution in [1.82, 2.24) is 9.99 Å². The minimum atomic E-state index is -0.282. The molecule has 146 valence electrons. The number of carbonyl (C=O) groups is 1. The normalized spacial score (nSPS) is 10.9. The fourth-order valence-corrected chi connectivity index (χ4v) is 3.78. The molecule has 30 heavy (non-hydrogen) atoms. The molecule has 1 aromatic heterocycles. The van der Waals surface area contributed by atoms with Gasteiger partial charge < -0.3 is 4.57 Å². The van der Waals surface area contributed by atoms with Crippen LogP contribution in [0.5, 0.6) is 0 Å². The van der Waals surface area contributed by atoms with Crippen LogP contribution in [0.1, 0.15) is 27.0 Å². The molecule has 0 spiro atoms. The fourth-order valence-electron chi connectivity index (χ4n) is 3.31. The number of benzene rings is 3. The molecule has 3 aromatic carbocycles. The van der Waals surface area contributed by atoms with Crippen LogP contribution in [0, 0.1) is 11.3 Å². The zero-order valence-electron chi connectivity index (χ0n) is 15.9. The summed E-state index contributed by atoms with van der Waals surface area (Å²) in [5.74, 6) is -0.282. The standard InChI is InChI=1S/C24H17BrN4O/c25-22-10-3-1-9-21(22)24(30)28-27-14-19-16-29(23-11-4-2-8-20(19)23)15-18-7-5-6-17(12-18)13-26/h1-12,14,16H,15H2,(H,28,30)/b27-14+. The van der Waals surface area contributed by atoms with Crippen molar-refractivity contribution in [3.8, 4) is 6.07 Å². The molecule has 0 saturated heterocycles. The molecule has 0 aliphatic carbocycles. The van der Waals surface area contributed by atoms with Gasteiger partial charge in [-0.1, -0.05) is 42.5 Å². The van der Waals surface area contributed by atoms with Crippen LogP contribution in [-0.2, 0) is 6.54 Å². The Hall–Kier alpha value is -3.69. The number of nitrogens with zero attached hydrogens (tertiary/aromatic N) is 3. The Morgan fingerprint density at radius 1 is 1.10 bits per heavy atom. The molecule has 0 bridgehead atoms. The SMILES string of the molecule is N#Cc1cccc(Cn2cc(/C=N/NC(=O)c3ccccc3Br)c3ccccc32)c1. The zero-order chi connectivity index (χ0) is 20.9. The first-order valence-electron chi connectivity index (χ1n) is 9.30. The summed E-state index contributed by atoms with van der Waals surface area (Å²) < 4.78 is 2.83. The number of nitrogens with one attached hydrogen (secondary N) is 1. The second kappa shape index (κ2) is 8.76. The molecule has 1 amide bonds. The van der Waals surface area contributed by atoms with E-state index in [0.717, 1.165) is 22.0 Å². The summed E-state index contributed by atoms with van der Waals surface area (Å²) in [6.07, 6.45) is 3.65. The lowest BCUT2D eigenvalue weighted by atomic mass is 10.1. The number of halogens is 1. The molecule has 4 rings (SSSR count). The highest BCUT2D eigenvalue weighted by Gasteiger charge is 2.09. The van der Waals surface area contributed by atoms with E-state index in [1.54, 1.807) is 24.4 Å². The molecule has 0 unspecified atom stereocenters. The molecule has 4 aromatic rings. The number of nitriles is 1. The number of fused-ring (bicyclic) bond motifs is 1.